The van der Waals surface area contributed by atoms with Gasteiger partial charge >= 0.3 is 0 Å². The fourth-order valence-electron chi connectivity index (χ4n) is 2.62. The van der Waals surface area contributed by atoms with Crippen molar-refractivity contribution in [3.05, 3.63) is 47.5 Å². The Morgan fingerprint density at radius 1 is 0.852 bits per heavy atom. The first-order valence-electron chi connectivity index (χ1n) is 8.20. The van der Waals surface area contributed by atoms with E-state index >= 15 is 0 Å². The molecule has 8 nitrogen and oxygen atoms in total. The lowest BCUT2D eigenvalue weighted by atomic mass is 10.1. The summed E-state index contributed by atoms with van der Waals surface area (Å²) in [5.41, 5.74) is 1.18. The van der Waals surface area contributed by atoms with E-state index in [2.05, 4.69) is 0 Å². The van der Waals surface area contributed by atoms with Gasteiger partial charge in [-0.25, -0.2) is 0 Å². The Morgan fingerprint density at radius 3 is 2.33 bits per heavy atom. The van der Waals surface area contributed by atoms with Crippen LogP contribution in [0.4, 0.5) is 0 Å². The van der Waals surface area contributed by atoms with Crippen LogP contribution in [0.1, 0.15) is 11.1 Å². The Balaban J connectivity index is 1.76. The van der Waals surface area contributed by atoms with Crippen molar-refractivity contribution in [2.24, 2.45) is 0 Å². The quantitative estimate of drug-likeness (QED) is 0.340. The van der Waals surface area contributed by atoms with Gasteiger partial charge in [-0.2, -0.15) is 0 Å². The van der Waals surface area contributed by atoms with Gasteiger partial charge in [0.2, 0.25) is 6.29 Å². The normalized spacial score (nSPS) is 25.6. The highest BCUT2D eigenvalue weighted by molar-refractivity contribution is 5.72. The summed E-state index contributed by atoms with van der Waals surface area (Å²) in [7, 11) is 0. The molecule has 1 aliphatic rings. The summed E-state index contributed by atoms with van der Waals surface area (Å²) in [6.07, 6.45) is -1.95. The fourth-order valence-corrected chi connectivity index (χ4v) is 2.62. The minimum atomic E-state index is -1.45. The molecule has 1 saturated heterocycles. The number of benzene rings is 2. The summed E-state index contributed by atoms with van der Waals surface area (Å²) in [6.45, 7) is -0.196. The molecule has 0 aromatic heterocycles. The highest BCUT2D eigenvalue weighted by atomic mass is 16.7. The first-order chi connectivity index (χ1) is 12.8. The molecule has 0 amide bonds. The molecule has 6 N–H and O–H groups in total. The Labute approximate surface area is 154 Å². The maximum atomic E-state index is 9.93. The van der Waals surface area contributed by atoms with Gasteiger partial charge in [0.05, 0.1) is 6.61 Å². The van der Waals surface area contributed by atoms with Crippen molar-refractivity contribution in [3.63, 3.8) is 0 Å². The first-order valence-corrected chi connectivity index (χ1v) is 8.20. The number of phenolic OH excluding ortho intramolecular Hbond substituents is 3. The van der Waals surface area contributed by atoms with Crippen LogP contribution in [0.25, 0.3) is 12.2 Å². The van der Waals surface area contributed by atoms with E-state index < -0.39 is 24.6 Å². The van der Waals surface area contributed by atoms with Crippen molar-refractivity contribution >= 4 is 12.2 Å². The van der Waals surface area contributed by atoms with Crippen LogP contribution >= 0.6 is 0 Å². The largest absolute Gasteiger partial charge is 0.508 e. The van der Waals surface area contributed by atoms with Crippen molar-refractivity contribution < 1.29 is 40.1 Å². The molecule has 1 fully saturated rings. The molecule has 0 aliphatic carbocycles. The van der Waals surface area contributed by atoms with E-state index in [1.165, 1.54) is 24.3 Å². The van der Waals surface area contributed by atoms with Gasteiger partial charge < -0.3 is 40.1 Å². The van der Waals surface area contributed by atoms with Gasteiger partial charge in [-0.05, 0) is 35.4 Å². The number of ether oxygens (including phenoxy) is 2. The molecule has 4 atom stereocenters. The first kappa shape index (κ1) is 19.0. The van der Waals surface area contributed by atoms with Crippen LogP contribution in [0.3, 0.4) is 0 Å². The molecule has 1 aliphatic heterocycles. The zero-order valence-electron chi connectivity index (χ0n) is 14.1. The number of aromatic hydroxyl groups is 3. The standard InChI is InChI=1S/C19H20O8/c20-12-5-11(2-1-10-3-4-14(21)15(22)7-10)6-13(8-12)27-19-18(25)17(24)16(23)9-26-19/h1-8,16-25H,9H2/b2-1+/t16-,17+,18-,19+/m1/s1. The predicted octanol–water partition coefficient (Wildman–Crippen LogP) is 0.792. The summed E-state index contributed by atoms with van der Waals surface area (Å²) >= 11 is 0. The zero-order chi connectivity index (χ0) is 19.6. The lowest BCUT2D eigenvalue weighted by Crippen LogP contribution is -2.54. The Hall–Kier alpha value is -2.78. The average Bonchev–Trinajstić information content (AvgIpc) is 2.63. The maximum Gasteiger partial charge on any atom is 0.228 e. The molecule has 0 bridgehead atoms. The van der Waals surface area contributed by atoms with Gasteiger partial charge in [0.25, 0.3) is 0 Å². The van der Waals surface area contributed by atoms with Crippen LogP contribution in [0.5, 0.6) is 23.0 Å². The number of rotatable bonds is 4. The third-order valence-electron chi connectivity index (χ3n) is 4.09. The van der Waals surface area contributed by atoms with Crippen LogP contribution in [0.15, 0.2) is 36.4 Å². The molecule has 2 aromatic rings. The summed E-state index contributed by atoms with van der Waals surface area (Å²) in [5, 5.41) is 57.8. The number of aliphatic hydroxyl groups excluding tert-OH is 3. The summed E-state index contributed by atoms with van der Waals surface area (Å²) < 4.78 is 10.7. The molecule has 8 heteroatoms. The van der Waals surface area contributed by atoms with Gasteiger partial charge in [-0.1, -0.05) is 18.2 Å². The second-order valence-electron chi connectivity index (χ2n) is 6.21. The second-order valence-corrected chi connectivity index (χ2v) is 6.21. The average molecular weight is 376 g/mol. The summed E-state index contributed by atoms with van der Waals surface area (Å²) in [6, 6.07) is 8.70. The van der Waals surface area contributed by atoms with E-state index in [0.717, 1.165) is 0 Å². The molecular weight excluding hydrogens is 356 g/mol. The van der Waals surface area contributed by atoms with Crippen molar-refractivity contribution in [3.8, 4) is 23.0 Å². The Kier molecular flexibility index (Phi) is 5.52. The van der Waals surface area contributed by atoms with Crippen LogP contribution in [0.2, 0.25) is 0 Å². The van der Waals surface area contributed by atoms with Crippen LogP contribution in [-0.2, 0) is 4.74 Å². The van der Waals surface area contributed by atoms with Crippen molar-refractivity contribution in [1.29, 1.82) is 0 Å². The van der Waals surface area contributed by atoms with Crippen LogP contribution in [0, 0.1) is 0 Å². The maximum absolute atomic E-state index is 9.93. The zero-order valence-corrected chi connectivity index (χ0v) is 14.1. The minimum Gasteiger partial charge on any atom is -0.508 e. The highest BCUT2D eigenvalue weighted by Crippen LogP contribution is 2.28. The predicted molar refractivity (Wildman–Crippen MR) is 95.2 cm³/mol. The van der Waals surface area contributed by atoms with Crippen LogP contribution in [-0.4, -0.2) is 61.8 Å². The van der Waals surface area contributed by atoms with Gasteiger partial charge in [0.15, 0.2) is 11.5 Å². The minimum absolute atomic E-state index is 0.0911. The molecule has 1 heterocycles. The lowest BCUT2D eigenvalue weighted by Gasteiger charge is -2.34. The molecule has 0 radical (unpaired) electrons. The van der Waals surface area contributed by atoms with E-state index in [4.69, 9.17) is 9.47 Å². The number of hydrogen-bond acceptors (Lipinski definition) is 8. The third kappa shape index (κ3) is 4.50. The third-order valence-corrected chi connectivity index (χ3v) is 4.09. The molecule has 144 valence electrons. The number of hydrogen-bond donors (Lipinski definition) is 6. The summed E-state index contributed by atoms with van der Waals surface area (Å²) in [4.78, 5) is 0. The van der Waals surface area contributed by atoms with E-state index in [-0.39, 0.29) is 29.6 Å². The second kappa shape index (κ2) is 7.85. The van der Waals surface area contributed by atoms with Gasteiger partial charge in [0.1, 0.15) is 29.8 Å². The SMILES string of the molecule is Oc1cc(/C=C/c2ccc(O)c(O)c2)cc(O[C@@H]2OC[C@@H](O)[C@H](O)[C@H]2O)c1. The number of phenols is 3. The van der Waals surface area contributed by atoms with Gasteiger partial charge in [-0.15, -0.1) is 0 Å². The number of aliphatic hydroxyl groups is 3. The van der Waals surface area contributed by atoms with Crippen molar-refractivity contribution in [2.45, 2.75) is 24.6 Å². The van der Waals surface area contributed by atoms with E-state index in [0.29, 0.717) is 11.1 Å². The van der Waals surface area contributed by atoms with Crippen molar-refractivity contribution in [1.82, 2.24) is 0 Å². The fraction of sp³-hybridized carbons (Fsp3) is 0.263. The molecule has 2 aromatic carbocycles. The highest BCUT2D eigenvalue weighted by Gasteiger charge is 2.39. The van der Waals surface area contributed by atoms with Gasteiger partial charge in [-0.3, -0.25) is 0 Å². The van der Waals surface area contributed by atoms with E-state index in [1.54, 1.807) is 24.3 Å². The van der Waals surface area contributed by atoms with Crippen molar-refractivity contribution in [2.75, 3.05) is 6.61 Å². The van der Waals surface area contributed by atoms with Crippen LogP contribution < -0.4 is 4.74 Å². The molecule has 0 spiro atoms. The van der Waals surface area contributed by atoms with E-state index in [1.807, 2.05) is 0 Å². The molecule has 3 rings (SSSR count). The lowest BCUT2D eigenvalue weighted by molar-refractivity contribution is -0.242. The molecule has 27 heavy (non-hydrogen) atoms. The molecule has 0 unspecified atom stereocenters. The Morgan fingerprint density at radius 2 is 1.59 bits per heavy atom. The molecule has 0 saturated carbocycles. The molecular formula is C19H20O8. The summed E-state index contributed by atoms with van der Waals surface area (Å²) in [5.74, 6) is -0.373. The smallest absolute Gasteiger partial charge is 0.228 e. The van der Waals surface area contributed by atoms with Gasteiger partial charge in [0, 0.05) is 6.07 Å². The topological polar surface area (TPSA) is 140 Å². The Bertz CT molecular complexity index is 834. The van der Waals surface area contributed by atoms with E-state index in [9.17, 15) is 30.6 Å². The monoisotopic (exact) mass is 376 g/mol.